The van der Waals surface area contributed by atoms with E-state index in [4.69, 9.17) is 0 Å². The van der Waals surface area contributed by atoms with Crippen molar-refractivity contribution in [3.63, 3.8) is 0 Å². The smallest absolute Gasteiger partial charge is 0.136 e. The second-order valence-electron chi connectivity index (χ2n) is 4.81. The van der Waals surface area contributed by atoms with Crippen LogP contribution in [0.1, 0.15) is 31.5 Å². The molecule has 0 saturated heterocycles. The minimum Gasteiger partial charge on any atom is -0.373 e. The van der Waals surface area contributed by atoms with Gasteiger partial charge in [-0.2, -0.15) is 0 Å². The van der Waals surface area contributed by atoms with Gasteiger partial charge in [-0.05, 0) is 19.8 Å². The van der Waals surface area contributed by atoms with Crippen LogP contribution in [0.2, 0.25) is 0 Å². The predicted octanol–water partition coefficient (Wildman–Crippen LogP) is 1.57. The number of anilines is 2. The van der Waals surface area contributed by atoms with Crippen LogP contribution in [0.15, 0.2) is 6.07 Å². The van der Waals surface area contributed by atoms with Crippen molar-refractivity contribution in [3.8, 4) is 0 Å². The Morgan fingerprint density at radius 2 is 2.11 bits per heavy atom. The fourth-order valence-electron chi connectivity index (χ4n) is 1.84. The Balaban J connectivity index is 2.10. The van der Waals surface area contributed by atoms with Crippen LogP contribution in [-0.2, 0) is 10.8 Å². The summed E-state index contributed by atoms with van der Waals surface area (Å²) in [6, 6.07) is 2.03. The van der Waals surface area contributed by atoms with E-state index in [9.17, 15) is 4.21 Å². The molecular weight excluding hydrogens is 248 g/mol. The van der Waals surface area contributed by atoms with Crippen molar-refractivity contribution in [2.24, 2.45) is 0 Å². The molecule has 18 heavy (non-hydrogen) atoms. The molecule has 2 unspecified atom stereocenters. The lowest BCUT2D eigenvalue weighted by atomic mass is 10.3. The van der Waals surface area contributed by atoms with Gasteiger partial charge in [0.05, 0.1) is 0 Å². The van der Waals surface area contributed by atoms with E-state index in [2.05, 4.69) is 20.6 Å². The van der Waals surface area contributed by atoms with E-state index in [1.165, 1.54) is 12.8 Å². The van der Waals surface area contributed by atoms with E-state index >= 15 is 0 Å². The summed E-state index contributed by atoms with van der Waals surface area (Å²) in [5, 5.41) is 6.34. The summed E-state index contributed by atoms with van der Waals surface area (Å²) in [7, 11) is 1.05. The Bertz CT molecular complexity index is 448. The molecule has 6 heteroatoms. The highest BCUT2D eigenvalue weighted by Crippen LogP contribution is 2.38. The lowest BCUT2D eigenvalue weighted by Gasteiger charge is -2.14. The zero-order valence-corrected chi connectivity index (χ0v) is 11.9. The molecule has 1 heterocycles. The molecule has 1 fully saturated rings. The zero-order chi connectivity index (χ0) is 13.1. The van der Waals surface area contributed by atoms with Crippen LogP contribution < -0.4 is 10.6 Å². The van der Waals surface area contributed by atoms with Gasteiger partial charge in [0.15, 0.2) is 0 Å². The maximum atomic E-state index is 11.2. The highest BCUT2D eigenvalue weighted by atomic mass is 32.2. The summed E-state index contributed by atoms with van der Waals surface area (Å²) in [5.74, 6) is 3.70. The van der Waals surface area contributed by atoms with E-state index in [0.717, 1.165) is 17.5 Å². The van der Waals surface area contributed by atoms with Crippen LogP contribution in [0, 0.1) is 0 Å². The van der Waals surface area contributed by atoms with E-state index < -0.39 is 10.8 Å². The van der Waals surface area contributed by atoms with Crippen molar-refractivity contribution >= 4 is 22.4 Å². The summed E-state index contributed by atoms with van der Waals surface area (Å²) >= 11 is 0. The minimum absolute atomic E-state index is 0.141. The fourth-order valence-corrected chi connectivity index (χ4v) is 2.63. The van der Waals surface area contributed by atoms with Gasteiger partial charge in [0.2, 0.25) is 0 Å². The molecule has 0 aliphatic heterocycles. The first kappa shape index (κ1) is 13.3. The average Bonchev–Trinajstić information content (AvgIpc) is 3.10. The predicted molar refractivity (Wildman–Crippen MR) is 75.6 cm³/mol. The van der Waals surface area contributed by atoms with Gasteiger partial charge in [-0.25, -0.2) is 9.97 Å². The van der Waals surface area contributed by atoms with Gasteiger partial charge in [-0.15, -0.1) is 0 Å². The van der Waals surface area contributed by atoms with Gasteiger partial charge in [-0.1, -0.05) is 0 Å². The van der Waals surface area contributed by atoms with Gasteiger partial charge in [0, 0.05) is 47.9 Å². The van der Waals surface area contributed by atoms with Gasteiger partial charge in [-0.3, -0.25) is 4.21 Å². The Morgan fingerprint density at radius 3 is 2.67 bits per heavy atom. The molecule has 5 nitrogen and oxygen atoms in total. The lowest BCUT2D eigenvalue weighted by Crippen LogP contribution is -2.23. The topological polar surface area (TPSA) is 66.9 Å². The molecule has 0 spiro atoms. The van der Waals surface area contributed by atoms with Crippen molar-refractivity contribution in [3.05, 3.63) is 11.9 Å². The van der Waals surface area contributed by atoms with E-state index in [1.807, 2.05) is 20.0 Å². The first-order valence-electron chi connectivity index (χ1n) is 6.21. The molecule has 1 aliphatic carbocycles. The van der Waals surface area contributed by atoms with Crippen molar-refractivity contribution in [2.75, 3.05) is 29.7 Å². The molecule has 100 valence electrons. The number of aromatic nitrogens is 2. The van der Waals surface area contributed by atoms with Crippen LogP contribution in [0.25, 0.3) is 0 Å². The molecule has 0 amide bonds. The van der Waals surface area contributed by atoms with Crippen LogP contribution in [-0.4, -0.2) is 39.3 Å². The Hall–Kier alpha value is -1.17. The van der Waals surface area contributed by atoms with Gasteiger partial charge in [0.25, 0.3) is 0 Å². The summed E-state index contributed by atoms with van der Waals surface area (Å²) < 4.78 is 11.2. The zero-order valence-electron chi connectivity index (χ0n) is 11.1. The molecule has 1 aliphatic rings. The number of nitrogens with one attached hydrogen (secondary N) is 2. The number of hydrogen-bond acceptors (Lipinski definition) is 5. The molecular formula is C12H20N4OS. The normalized spacial score (nSPS) is 18.2. The molecule has 0 bridgehead atoms. The molecule has 2 atom stereocenters. The van der Waals surface area contributed by atoms with Crippen molar-refractivity contribution in [1.29, 1.82) is 0 Å². The Kier molecular flexibility index (Phi) is 4.16. The standard InChI is InChI=1S/C12H20N4OS/c1-8(7-18(3)17)14-11-6-10(13-2)15-12(16-11)9-4-5-9/h6,8-9H,4-5,7H2,1-3H3,(H2,13,14,15,16). The second-order valence-corrected chi connectivity index (χ2v) is 6.29. The first-order valence-corrected chi connectivity index (χ1v) is 7.94. The molecule has 1 aromatic heterocycles. The highest BCUT2D eigenvalue weighted by molar-refractivity contribution is 7.84. The lowest BCUT2D eigenvalue weighted by molar-refractivity contribution is 0.682. The molecule has 0 aromatic carbocycles. The maximum Gasteiger partial charge on any atom is 0.136 e. The summed E-state index contributed by atoms with van der Waals surface area (Å²) in [6.07, 6.45) is 4.08. The minimum atomic E-state index is -0.800. The molecule has 0 radical (unpaired) electrons. The highest BCUT2D eigenvalue weighted by Gasteiger charge is 2.27. The summed E-state index contributed by atoms with van der Waals surface area (Å²) in [4.78, 5) is 8.99. The monoisotopic (exact) mass is 268 g/mol. The third-order valence-corrected chi connectivity index (χ3v) is 3.79. The number of hydrogen-bond donors (Lipinski definition) is 2. The molecule has 1 saturated carbocycles. The third-order valence-electron chi connectivity index (χ3n) is 2.82. The van der Waals surface area contributed by atoms with Crippen molar-refractivity contribution < 1.29 is 4.21 Å². The van der Waals surface area contributed by atoms with E-state index in [1.54, 1.807) is 6.26 Å². The van der Waals surface area contributed by atoms with Gasteiger partial charge < -0.3 is 10.6 Å². The first-order chi connectivity index (χ1) is 8.58. The van der Waals surface area contributed by atoms with Crippen LogP contribution >= 0.6 is 0 Å². The van der Waals surface area contributed by atoms with E-state index in [-0.39, 0.29) is 6.04 Å². The Morgan fingerprint density at radius 1 is 1.44 bits per heavy atom. The number of nitrogens with zero attached hydrogens (tertiary/aromatic N) is 2. The summed E-state index contributed by atoms with van der Waals surface area (Å²) in [6.45, 7) is 2.01. The van der Waals surface area contributed by atoms with E-state index in [0.29, 0.717) is 11.7 Å². The van der Waals surface area contributed by atoms with Crippen molar-refractivity contribution in [2.45, 2.75) is 31.7 Å². The van der Waals surface area contributed by atoms with Gasteiger partial charge in [0.1, 0.15) is 17.5 Å². The SMILES string of the molecule is CNc1cc(NC(C)CS(C)=O)nc(C2CC2)n1. The number of rotatable bonds is 6. The van der Waals surface area contributed by atoms with Crippen molar-refractivity contribution in [1.82, 2.24) is 9.97 Å². The molecule has 1 aromatic rings. The fraction of sp³-hybridized carbons (Fsp3) is 0.667. The quantitative estimate of drug-likeness (QED) is 0.820. The largest absolute Gasteiger partial charge is 0.373 e. The van der Waals surface area contributed by atoms with Crippen LogP contribution in [0.5, 0.6) is 0 Å². The molecule has 2 N–H and O–H groups in total. The molecule has 2 rings (SSSR count). The van der Waals surface area contributed by atoms with Crippen LogP contribution in [0.4, 0.5) is 11.6 Å². The Labute approximate surface area is 110 Å². The maximum absolute atomic E-state index is 11.2. The second kappa shape index (κ2) is 5.65. The summed E-state index contributed by atoms with van der Waals surface area (Å²) in [5.41, 5.74) is 0. The van der Waals surface area contributed by atoms with Gasteiger partial charge >= 0.3 is 0 Å². The third kappa shape index (κ3) is 3.66. The average molecular weight is 268 g/mol. The van der Waals surface area contributed by atoms with Crippen LogP contribution in [0.3, 0.4) is 0 Å².